The standard InChI is InChI=1S/C30H43NO4/c1-7-29(32)31(21-24-12-14-25(15-13-24)35-23(4)5)18-16-30(17-19-34-28(20-30)22(2)3)26-10-8-9-11-27(26)33-6/h8-15,22-23,28H,7,16-21H2,1-6H3/t28-,30-/m0/s1. The van der Waals surface area contributed by atoms with Crippen LogP contribution in [0.2, 0.25) is 0 Å². The van der Waals surface area contributed by atoms with E-state index in [0.717, 1.165) is 42.9 Å². The average Bonchev–Trinajstić information content (AvgIpc) is 2.86. The first-order chi connectivity index (χ1) is 16.8. The molecule has 0 radical (unpaired) electrons. The molecule has 35 heavy (non-hydrogen) atoms. The van der Waals surface area contributed by atoms with Crippen LogP contribution >= 0.6 is 0 Å². The van der Waals surface area contributed by atoms with Gasteiger partial charge in [-0.15, -0.1) is 0 Å². The first-order valence-corrected chi connectivity index (χ1v) is 13.1. The van der Waals surface area contributed by atoms with Gasteiger partial charge in [0.05, 0.1) is 19.3 Å². The molecule has 5 heteroatoms. The van der Waals surface area contributed by atoms with Gasteiger partial charge in [-0.2, -0.15) is 0 Å². The van der Waals surface area contributed by atoms with E-state index in [1.807, 2.05) is 49.9 Å². The summed E-state index contributed by atoms with van der Waals surface area (Å²) < 4.78 is 17.7. The summed E-state index contributed by atoms with van der Waals surface area (Å²) in [5, 5.41) is 0. The van der Waals surface area contributed by atoms with Gasteiger partial charge in [0.2, 0.25) is 5.91 Å². The fraction of sp³-hybridized carbons (Fsp3) is 0.567. The van der Waals surface area contributed by atoms with Gasteiger partial charge in [-0.1, -0.05) is 51.1 Å². The number of ether oxygens (including phenoxy) is 3. The van der Waals surface area contributed by atoms with E-state index in [2.05, 4.69) is 38.1 Å². The number of hydrogen-bond donors (Lipinski definition) is 0. The molecule has 2 aromatic carbocycles. The number of carbonyl (C=O) groups excluding carboxylic acids is 1. The fourth-order valence-electron chi connectivity index (χ4n) is 5.10. The second-order valence-corrected chi connectivity index (χ2v) is 10.3. The van der Waals surface area contributed by atoms with Crippen LogP contribution in [-0.2, 0) is 21.5 Å². The maximum atomic E-state index is 13.0. The quantitative estimate of drug-likeness (QED) is 0.373. The zero-order chi connectivity index (χ0) is 25.4. The maximum absolute atomic E-state index is 13.0. The molecule has 0 aromatic heterocycles. The van der Waals surface area contributed by atoms with E-state index in [4.69, 9.17) is 14.2 Å². The molecule has 0 unspecified atom stereocenters. The predicted molar refractivity (Wildman–Crippen MR) is 141 cm³/mol. The lowest BCUT2D eigenvalue weighted by molar-refractivity contribution is -0.132. The van der Waals surface area contributed by atoms with Gasteiger partial charge in [-0.05, 0) is 62.8 Å². The Balaban J connectivity index is 1.84. The minimum absolute atomic E-state index is 0.0962. The third-order valence-electron chi connectivity index (χ3n) is 7.11. The maximum Gasteiger partial charge on any atom is 0.222 e. The molecule has 5 nitrogen and oxygen atoms in total. The molecule has 0 saturated carbocycles. The van der Waals surface area contributed by atoms with Crippen LogP contribution in [0.5, 0.6) is 11.5 Å². The highest BCUT2D eigenvalue weighted by Crippen LogP contribution is 2.45. The first-order valence-electron chi connectivity index (χ1n) is 13.1. The Morgan fingerprint density at radius 2 is 1.83 bits per heavy atom. The van der Waals surface area contributed by atoms with Crippen molar-refractivity contribution in [1.29, 1.82) is 0 Å². The number of nitrogens with zero attached hydrogens (tertiary/aromatic N) is 1. The summed E-state index contributed by atoms with van der Waals surface area (Å²) in [6.45, 7) is 12.4. The Hall–Kier alpha value is -2.53. The molecule has 1 amide bonds. The lowest BCUT2D eigenvalue weighted by atomic mass is 9.68. The smallest absolute Gasteiger partial charge is 0.222 e. The summed E-state index contributed by atoms with van der Waals surface area (Å²) in [6, 6.07) is 16.5. The second-order valence-electron chi connectivity index (χ2n) is 10.3. The molecule has 0 aliphatic carbocycles. The number of benzene rings is 2. The summed E-state index contributed by atoms with van der Waals surface area (Å²) in [6.07, 6.45) is 3.55. The van der Waals surface area contributed by atoms with Crippen LogP contribution in [-0.4, -0.2) is 43.3 Å². The molecular formula is C30H43NO4. The average molecular weight is 482 g/mol. The van der Waals surface area contributed by atoms with E-state index in [0.29, 0.717) is 25.4 Å². The van der Waals surface area contributed by atoms with Gasteiger partial charge >= 0.3 is 0 Å². The lowest BCUT2D eigenvalue weighted by Gasteiger charge is -2.44. The molecule has 0 bridgehead atoms. The van der Waals surface area contributed by atoms with Crippen LogP contribution in [0.1, 0.15) is 71.4 Å². The predicted octanol–water partition coefficient (Wildman–Crippen LogP) is 6.38. The Kier molecular flexibility index (Phi) is 9.62. The minimum Gasteiger partial charge on any atom is -0.496 e. The molecule has 1 heterocycles. The van der Waals surface area contributed by atoms with Crippen molar-refractivity contribution in [3.63, 3.8) is 0 Å². The highest BCUT2D eigenvalue weighted by atomic mass is 16.5. The van der Waals surface area contributed by atoms with Crippen LogP contribution < -0.4 is 9.47 Å². The van der Waals surface area contributed by atoms with Crippen LogP contribution in [0.15, 0.2) is 48.5 Å². The van der Waals surface area contributed by atoms with Crippen molar-refractivity contribution in [2.24, 2.45) is 5.92 Å². The minimum atomic E-state index is -0.0962. The van der Waals surface area contributed by atoms with E-state index >= 15 is 0 Å². The Bertz CT molecular complexity index is 940. The highest BCUT2D eigenvalue weighted by Gasteiger charge is 2.41. The molecule has 3 rings (SSSR count). The summed E-state index contributed by atoms with van der Waals surface area (Å²) >= 11 is 0. The summed E-state index contributed by atoms with van der Waals surface area (Å²) in [7, 11) is 1.74. The van der Waals surface area contributed by atoms with Crippen molar-refractivity contribution in [2.45, 2.75) is 84.5 Å². The molecule has 1 aliphatic heterocycles. The topological polar surface area (TPSA) is 48.0 Å². The molecule has 0 N–H and O–H groups in total. The number of para-hydroxylation sites is 1. The monoisotopic (exact) mass is 481 g/mol. The van der Waals surface area contributed by atoms with E-state index in [9.17, 15) is 4.79 Å². The normalized spacial score (nSPS) is 20.2. The van der Waals surface area contributed by atoms with Gasteiger partial charge in [0, 0.05) is 37.1 Å². The van der Waals surface area contributed by atoms with Crippen molar-refractivity contribution in [2.75, 3.05) is 20.3 Å². The highest BCUT2D eigenvalue weighted by molar-refractivity contribution is 5.75. The first kappa shape index (κ1) is 27.1. The Morgan fingerprint density at radius 1 is 1.11 bits per heavy atom. The van der Waals surface area contributed by atoms with E-state index in [-0.39, 0.29) is 23.5 Å². The summed E-state index contributed by atoms with van der Waals surface area (Å²) in [5.41, 5.74) is 2.25. The number of hydrogen-bond acceptors (Lipinski definition) is 4. The second kappa shape index (κ2) is 12.4. The van der Waals surface area contributed by atoms with E-state index in [1.165, 1.54) is 5.56 Å². The van der Waals surface area contributed by atoms with Gasteiger partial charge in [0.15, 0.2) is 0 Å². The zero-order valence-corrected chi connectivity index (χ0v) is 22.4. The van der Waals surface area contributed by atoms with Crippen molar-refractivity contribution >= 4 is 5.91 Å². The van der Waals surface area contributed by atoms with Crippen molar-refractivity contribution in [1.82, 2.24) is 4.90 Å². The van der Waals surface area contributed by atoms with Crippen molar-refractivity contribution in [3.05, 3.63) is 59.7 Å². The van der Waals surface area contributed by atoms with Gasteiger partial charge in [0.25, 0.3) is 0 Å². The number of methoxy groups -OCH3 is 1. The summed E-state index contributed by atoms with van der Waals surface area (Å²) in [5.74, 6) is 2.39. The van der Waals surface area contributed by atoms with Gasteiger partial charge in [0.1, 0.15) is 11.5 Å². The molecule has 0 spiro atoms. The molecule has 2 aromatic rings. The zero-order valence-electron chi connectivity index (χ0n) is 22.4. The van der Waals surface area contributed by atoms with Crippen LogP contribution in [0, 0.1) is 5.92 Å². The Morgan fingerprint density at radius 3 is 2.46 bits per heavy atom. The van der Waals surface area contributed by atoms with Crippen LogP contribution in [0.3, 0.4) is 0 Å². The van der Waals surface area contributed by atoms with Gasteiger partial charge < -0.3 is 19.1 Å². The van der Waals surface area contributed by atoms with Crippen LogP contribution in [0.4, 0.5) is 0 Å². The van der Waals surface area contributed by atoms with Gasteiger partial charge in [-0.3, -0.25) is 4.79 Å². The number of carbonyl (C=O) groups is 1. The van der Waals surface area contributed by atoms with Crippen molar-refractivity contribution in [3.8, 4) is 11.5 Å². The fourth-order valence-corrected chi connectivity index (χ4v) is 5.10. The summed E-state index contributed by atoms with van der Waals surface area (Å²) in [4.78, 5) is 15.0. The molecule has 1 saturated heterocycles. The SMILES string of the molecule is CCC(=O)N(CC[C@]1(c2ccccc2OC)CCO[C@H](C(C)C)C1)Cc1ccc(OC(C)C)cc1. The number of rotatable bonds is 11. The molecule has 192 valence electrons. The van der Waals surface area contributed by atoms with Crippen LogP contribution in [0.25, 0.3) is 0 Å². The van der Waals surface area contributed by atoms with Gasteiger partial charge in [-0.25, -0.2) is 0 Å². The Labute approximate surface area is 211 Å². The largest absolute Gasteiger partial charge is 0.496 e. The molecule has 1 fully saturated rings. The number of amides is 1. The van der Waals surface area contributed by atoms with E-state index < -0.39 is 0 Å². The third-order valence-corrected chi connectivity index (χ3v) is 7.11. The molecular weight excluding hydrogens is 438 g/mol. The lowest BCUT2D eigenvalue weighted by Crippen LogP contribution is -2.44. The van der Waals surface area contributed by atoms with E-state index in [1.54, 1.807) is 7.11 Å². The van der Waals surface area contributed by atoms with Crippen molar-refractivity contribution < 1.29 is 19.0 Å². The third kappa shape index (κ3) is 7.00. The molecule has 1 aliphatic rings. The molecule has 2 atom stereocenters.